The summed E-state index contributed by atoms with van der Waals surface area (Å²) in [5, 5.41) is 2.98. The Morgan fingerprint density at radius 2 is 2.57 bits per heavy atom. The van der Waals surface area contributed by atoms with Crippen molar-refractivity contribution in [2.45, 2.75) is 0 Å². The zero-order valence-electron chi connectivity index (χ0n) is 4.02. The first kappa shape index (κ1) is 4.50. The largest absolute Gasteiger partial charge is 0.387 e. The summed E-state index contributed by atoms with van der Waals surface area (Å²) in [5.74, 6) is 0. The summed E-state index contributed by atoms with van der Waals surface area (Å²) in [5.41, 5.74) is 0.846. The van der Waals surface area contributed by atoms with Crippen LogP contribution in [0, 0.1) is 0 Å². The molecule has 1 heterocycles. The molecule has 2 radical (unpaired) electrons. The third kappa shape index (κ3) is 1.11. The lowest BCUT2D eigenvalue weighted by atomic mass is 9.94. The average molecular weight is 90.9 g/mol. The highest BCUT2D eigenvalue weighted by Crippen LogP contribution is 1.90. The minimum atomic E-state index is 0.846. The molecule has 7 heavy (non-hydrogen) atoms. The molecule has 2 heteroatoms. The zero-order valence-corrected chi connectivity index (χ0v) is 4.02. The molecule has 0 atom stereocenters. The predicted octanol–water partition coefficient (Wildman–Crippen LogP) is 0.156. The SMILES string of the molecule is [B]C1=CCNC=C1. The van der Waals surface area contributed by atoms with Crippen molar-refractivity contribution in [2.75, 3.05) is 6.54 Å². The van der Waals surface area contributed by atoms with Crippen LogP contribution in [0.5, 0.6) is 0 Å². The van der Waals surface area contributed by atoms with Gasteiger partial charge in [-0.15, -0.1) is 0 Å². The number of hydrogen-bond donors (Lipinski definition) is 1. The molecule has 0 amide bonds. The minimum Gasteiger partial charge on any atom is -0.387 e. The lowest BCUT2D eigenvalue weighted by molar-refractivity contribution is 0.969. The van der Waals surface area contributed by atoms with Crippen molar-refractivity contribution in [3.63, 3.8) is 0 Å². The minimum absolute atomic E-state index is 0.846. The normalized spacial score (nSPS) is 18.0. The molecule has 0 saturated carbocycles. The van der Waals surface area contributed by atoms with E-state index in [1.165, 1.54) is 0 Å². The van der Waals surface area contributed by atoms with Gasteiger partial charge in [0, 0.05) is 6.54 Å². The van der Waals surface area contributed by atoms with Crippen LogP contribution in [0.25, 0.3) is 0 Å². The monoisotopic (exact) mass is 91.1 g/mol. The van der Waals surface area contributed by atoms with Crippen molar-refractivity contribution in [2.24, 2.45) is 0 Å². The number of hydrogen-bond acceptors (Lipinski definition) is 1. The Bertz CT molecular complexity index is 115. The Labute approximate surface area is 44.5 Å². The van der Waals surface area contributed by atoms with Crippen molar-refractivity contribution in [1.29, 1.82) is 0 Å². The lowest BCUT2D eigenvalue weighted by Crippen LogP contribution is -2.08. The summed E-state index contributed by atoms with van der Waals surface area (Å²) in [7, 11) is 5.37. The first-order valence-corrected chi connectivity index (χ1v) is 2.25. The van der Waals surface area contributed by atoms with Crippen molar-refractivity contribution in [3.05, 3.63) is 23.8 Å². The molecule has 0 aliphatic carbocycles. The van der Waals surface area contributed by atoms with Crippen LogP contribution < -0.4 is 5.32 Å². The van der Waals surface area contributed by atoms with Gasteiger partial charge in [0.1, 0.15) is 7.85 Å². The van der Waals surface area contributed by atoms with Crippen molar-refractivity contribution in [1.82, 2.24) is 5.32 Å². The Hall–Kier alpha value is -0.655. The molecule has 0 aromatic rings. The van der Waals surface area contributed by atoms with E-state index < -0.39 is 0 Å². The molecule has 1 nitrogen and oxygen atoms in total. The summed E-state index contributed by atoms with van der Waals surface area (Å²) >= 11 is 0. The van der Waals surface area contributed by atoms with Gasteiger partial charge in [0.2, 0.25) is 0 Å². The van der Waals surface area contributed by atoms with E-state index in [4.69, 9.17) is 7.85 Å². The molecule has 0 fully saturated rings. The van der Waals surface area contributed by atoms with Gasteiger partial charge >= 0.3 is 0 Å². The Morgan fingerprint density at radius 1 is 1.71 bits per heavy atom. The smallest absolute Gasteiger partial charge is 0.113 e. The number of nitrogens with one attached hydrogen (secondary N) is 1. The second-order valence-electron chi connectivity index (χ2n) is 1.45. The number of dihydropyridines is 1. The van der Waals surface area contributed by atoms with Gasteiger partial charge in [-0.2, -0.15) is 0 Å². The molecule has 34 valence electrons. The molecule has 0 aromatic carbocycles. The summed E-state index contributed by atoms with van der Waals surface area (Å²) in [4.78, 5) is 0. The topological polar surface area (TPSA) is 12.0 Å². The third-order valence-electron chi connectivity index (χ3n) is 0.849. The predicted molar refractivity (Wildman–Crippen MR) is 31.0 cm³/mol. The molecule has 0 saturated heterocycles. The second-order valence-corrected chi connectivity index (χ2v) is 1.45. The fraction of sp³-hybridized carbons (Fsp3) is 0.200. The van der Waals surface area contributed by atoms with Crippen molar-refractivity contribution < 1.29 is 0 Å². The highest BCUT2D eigenvalue weighted by atomic mass is 14.8. The van der Waals surface area contributed by atoms with Gasteiger partial charge in [-0.25, -0.2) is 0 Å². The molecule has 1 N–H and O–H groups in total. The molecule has 1 aliphatic rings. The third-order valence-corrected chi connectivity index (χ3v) is 0.849. The maximum Gasteiger partial charge on any atom is 0.113 e. The summed E-state index contributed by atoms with van der Waals surface area (Å²) < 4.78 is 0. The first-order valence-electron chi connectivity index (χ1n) is 2.25. The summed E-state index contributed by atoms with van der Waals surface area (Å²) in [6.07, 6.45) is 5.61. The summed E-state index contributed by atoms with van der Waals surface area (Å²) in [6, 6.07) is 0. The van der Waals surface area contributed by atoms with Gasteiger partial charge in [0.05, 0.1) is 0 Å². The van der Waals surface area contributed by atoms with Crippen LogP contribution in [-0.4, -0.2) is 14.4 Å². The molecule has 0 spiro atoms. The van der Waals surface area contributed by atoms with Crippen molar-refractivity contribution >= 4 is 7.85 Å². The van der Waals surface area contributed by atoms with E-state index in [2.05, 4.69) is 5.32 Å². The fourth-order valence-electron chi connectivity index (χ4n) is 0.468. The van der Waals surface area contributed by atoms with E-state index in [0.29, 0.717) is 0 Å². The molecule has 0 unspecified atom stereocenters. The van der Waals surface area contributed by atoms with E-state index in [1.54, 1.807) is 0 Å². The van der Waals surface area contributed by atoms with Gasteiger partial charge < -0.3 is 5.32 Å². The first-order chi connectivity index (χ1) is 3.39. The van der Waals surface area contributed by atoms with Crippen molar-refractivity contribution in [3.8, 4) is 0 Å². The standard InChI is InChI=1S/C5H6BN/c6-5-1-3-7-4-2-5/h1-3,7H,4H2. The quantitative estimate of drug-likeness (QED) is 0.418. The van der Waals surface area contributed by atoms with Gasteiger partial charge in [-0.3, -0.25) is 0 Å². The van der Waals surface area contributed by atoms with Gasteiger partial charge in [0.25, 0.3) is 0 Å². The molecule has 0 aromatic heterocycles. The molecule has 1 rings (SSSR count). The molecular formula is C5H6BN. The Morgan fingerprint density at radius 3 is 2.86 bits per heavy atom. The van der Waals surface area contributed by atoms with Crippen LogP contribution in [0.3, 0.4) is 0 Å². The maximum absolute atomic E-state index is 5.37. The van der Waals surface area contributed by atoms with Crippen LogP contribution >= 0.6 is 0 Å². The molecular weight excluding hydrogens is 84.9 g/mol. The highest BCUT2D eigenvalue weighted by molar-refractivity contribution is 6.23. The van der Waals surface area contributed by atoms with Crippen LogP contribution in [-0.2, 0) is 0 Å². The van der Waals surface area contributed by atoms with Crippen LogP contribution in [0.1, 0.15) is 0 Å². The van der Waals surface area contributed by atoms with Gasteiger partial charge in [-0.1, -0.05) is 17.6 Å². The fourth-order valence-corrected chi connectivity index (χ4v) is 0.468. The van der Waals surface area contributed by atoms with E-state index in [-0.39, 0.29) is 0 Å². The second kappa shape index (κ2) is 1.87. The van der Waals surface area contributed by atoms with Crippen LogP contribution in [0.15, 0.2) is 23.8 Å². The van der Waals surface area contributed by atoms with E-state index in [1.807, 2.05) is 18.4 Å². The molecule has 1 aliphatic heterocycles. The lowest BCUT2D eigenvalue weighted by Gasteiger charge is -2.01. The van der Waals surface area contributed by atoms with E-state index in [9.17, 15) is 0 Å². The maximum atomic E-state index is 5.37. The van der Waals surface area contributed by atoms with Crippen LogP contribution in [0.4, 0.5) is 0 Å². The number of allylic oxidation sites excluding steroid dienone is 2. The van der Waals surface area contributed by atoms with Gasteiger partial charge in [0.15, 0.2) is 0 Å². The highest BCUT2D eigenvalue weighted by Gasteiger charge is 1.83. The van der Waals surface area contributed by atoms with E-state index in [0.717, 1.165) is 12.0 Å². The zero-order chi connectivity index (χ0) is 5.11. The Balaban J connectivity index is 2.58. The Kier molecular flexibility index (Phi) is 1.20. The number of rotatable bonds is 0. The molecule has 0 bridgehead atoms. The van der Waals surface area contributed by atoms with Crippen LogP contribution in [0.2, 0.25) is 0 Å². The van der Waals surface area contributed by atoms with Gasteiger partial charge in [-0.05, 0) is 6.20 Å². The summed E-state index contributed by atoms with van der Waals surface area (Å²) in [6.45, 7) is 0.863. The average Bonchev–Trinajstić information content (AvgIpc) is 1.69. The van der Waals surface area contributed by atoms with E-state index >= 15 is 0 Å².